The standard InChI is InChI=1S/C9H13FN2O2S/c1-7-4-2-3-5-8(7)9(10)6-12-15(11,13)14/h2-5,9,12H,6H2,1H3,(H2,11,13,14). The van der Waals surface area contributed by atoms with Gasteiger partial charge in [-0.3, -0.25) is 0 Å². The molecule has 4 nitrogen and oxygen atoms in total. The highest BCUT2D eigenvalue weighted by Gasteiger charge is 2.13. The molecule has 0 aliphatic carbocycles. The van der Waals surface area contributed by atoms with Crippen LogP contribution in [0.5, 0.6) is 0 Å². The van der Waals surface area contributed by atoms with Crippen molar-refractivity contribution in [3.8, 4) is 0 Å². The molecule has 0 aliphatic heterocycles. The molecule has 0 aromatic heterocycles. The van der Waals surface area contributed by atoms with Crippen molar-refractivity contribution < 1.29 is 12.8 Å². The molecule has 0 saturated carbocycles. The quantitative estimate of drug-likeness (QED) is 0.806. The summed E-state index contributed by atoms with van der Waals surface area (Å²) in [7, 11) is -3.83. The second-order valence-corrected chi connectivity index (χ2v) is 4.60. The second-order valence-electron chi connectivity index (χ2n) is 3.22. The fourth-order valence-electron chi connectivity index (χ4n) is 1.24. The summed E-state index contributed by atoms with van der Waals surface area (Å²) in [6, 6.07) is 6.87. The Labute approximate surface area is 88.5 Å². The van der Waals surface area contributed by atoms with Gasteiger partial charge in [0.2, 0.25) is 0 Å². The Bertz CT molecular complexity index is 433. The van der Waals surface area contributed by atoms with E-state index in [9.17, 15) is 12.8 Å². The first-order valence-corrected chi connectivity index (χ1v) is 5.92. The first kappa shape index (κ1) is 12.1. The normalized spacial score (nSPS) is 13.8. The van der Waals surface area contributed by atoms with E-state index >= 15 is 0 Å². The molecule has 6 heteroatoms. The summed E-state index contributed by atoms with van der Waals surface area (Å²) in [4.78, 5) is 0. The molecule has 0 amide bonds. The lowest BCUT2D eigenvalue weighted by Gasteiger charge is -2.11. The number of hydrogen-bond donors (Lipinski definition) is 2. The van der Waals surface area contributed by atoms with E-state index in [1.54, 1.807) is 31.2 Å². The van der Waals surface area contributed by atoms with Crippen LogP contribution in [0.25, 0.3) is 0 Å². The topological polar surface area (TPSA) is 72.2 Å². The zero-order valence-corrected chi connectivity index (χ0v) is 9.09. The average Bonchev–Trinajstić information content (AvgIpc) is 2.14. The van der Waals surface area contributed by atoms with Crippen molar-refractivity contribution in [2.45, 2.75) is 13.1 Å². The first-order valence-electron chi connectivity index (χ1n) is 4.37. The molecule has 0 saturated heterocycles. The van der Waals surface area contributed by atoms with Gasteiger partial charge in [-0.2, -0.15) is 13.1 Å². The van der Waals surface area contributed by atoms with Gasteiger partial charge >= 0.3 is 0 Å². The second kappa shape index (κ2) is 4.69. The number of halogens is 1. The van der Waals surface area contributed by atoms with Crippen molar-refractivity contribution in [2.24, 2.45) is 5.14 Å². The van der Waals surface area contributed by atoms with Gasteiger partial charge in [0.1, 0.15) is 6.17 Å². The number of alkyl halides is 1. The summed E-state index contributed by atoms with van der Waals surface area (Å²) >= 11 is 0. The number of benzene rings is 1. The lowest BCUT2D eigenvalue weighted by molar-refractivity contribution is 0.342. The Morgan fingerprint density at radius 2 is 2.07 bits per heavy atom. The Morgan fingerprint density at radius 3 is 2.60 bits per heavy atom. The van der Waals surface area contributed by atoms with Gasteiger partial charge in [-0.25, -0.2) is 9.53 Å². The monoisotopic (exact) mass is 232 g/mol. The van der Waals surface area contributed by atoms with Gasteiger partial charge in [0, 0.05) is 6.54 Å². The summed E-state index contributed by atoms with van der Waals surface area (Å²) in [5.41, 5.74) is 1.25. The highest BCUT2D eigenvalue weighted by Crippen LogP contribution is 2.19. The third-order valence-corrected chi connectivity index (χ3v) is 2.56. The lowest BCUT2D eigenvalue weighted by atomic mass is 10.1. The molecular formula is C9H13FN2O2S. The van der Waals surface area contributed by atoms with Crippen LogP contribution in [-0.4, -0.2) is 15.0 Å². The molecule has 1 aromatic rings. The van der Waals surface area contributed by atoms with Crippen molar-refractivity contribution in [1.82, 2.24) is 4.72 Å². The third kappa shape index (κ3) is 3.94. The van der Waals surface area contributed by atoms with E-state index < -0.39 is 16.4 Å². The van der Waals surface area contributed by atoms with Crippen LogP contribution in [0.15, 0.2) is 24.3 Å². The average molecular weight is 232 g/mol. The number of nitrogens with one attached hydrogen (secondary N) is 1. The highest BCUT2D eigenvalue weighted by molar-refractivity contribution is 7.87. The molecule has 0 heterocycles. The summed E-state index contributed by atoms with van der Waals surface area (Å²) in [6.45, 7) is 1.42. The fourth-order valence-corrected chi connectivity index (χ4v) is 1.62. The minimum Gasteiger partial charge on any atom is -0.241 e. The van der Waals surface area contributed by atoms with Crippen LogP contribution in [0.3, 0.4) is 0 Å². The lowest BCUT2D eigenvalue weighted by Crippen LogP contribution is -2.33. The zero-order chi connectivity index (χ0) is 11.5. The molecule has 1 rings (SSSR count). The minimum absolute atomic E-state index is 0.344. The summed E-state index contributed by atoms with van der Waals surface area (Å²) in [6.07, 6.45) is -1.38. The van der Waals surface area contributed by atoms with Gasteiger partial charge in [0.15, 0.2) is 0 Å². The third-order valence-electron chi connectivity index (χ3n) is 1.99. The van der Waals surface area contributed by atoms with Crippen LogP contribution in [0, 0.1) is 6.92 Å². The number of nitrogens with two attached hydrogens (primary N) is 1. The predicted octanol–water partition coefficient (Wildman–Crippen LogP) is 0.799. The van der Waals surface area contributed by atoms with Crippen molar-refractivity contribution >= 4 is 10.2 Å². The van der Waals surface area contributed by atoms with Crippen molar-refractivity contribution in [2.75, 3.05) is 6.54 Å². The molecule has 1 unspecified atom stereocenters. The van der Waals surface area contributed by atoms with Gasteiger partial charge in [-0.15, -0.1) is 0 Å². The van der Waals surface area contributed by atoms with Crippen molar-refractivity contribution in [1.29, 1.82) is 0 Å². The van der Waals surface area contributed by atoms with Crippen LogP contribution in [0.4, 0.5) is 4.39 Å². The Hall–Kier alpha value is -0.980. The van der Waals surface area contributed by atoms with E-state index in [0.29, 0.717) is 5.56 Å². The fraction of sp³-hybridized carbons (Fsp3) is 0.333. The maximum Gasteiger partial charge on any atom is 0.274 e. The van der Waals surface area contributed by atoms with Crippen LogP contribution < -0.4 is 9.86 Å². The SMILES string of the molecule is Cc1ccccc1C(F)CNS(N)(=O)=O. The number of aryl methyl sites for hydroxylation is 1. The molecule has 15 heavy (non-hydrogen) atoms. The zero-order valence-electron chi connectivity index (χ0n) is 8.27. The van der Waals surface area contributed by atoms with E-state index in [0.717, 1.165) is 5.56 Å². The maximum atomic E-state index is 13.5. The molecule has 1 atom stereocenters. The highest BCUT2D eigenvalue weighted by atomic mass is 32.2. The van der Waals surface area contributed by atoms with Gasteiger partial charge in [-0.1, -0.05) is 24.3 Å². The summed E-state index contributed by atoms with van der Waals surface area (Å²) in [5.74, 6) is 0. The van der Waals surface area contributed by atoms with Crippen molar-refractivity contribution in [3.05, 3.63) is 35.4 Å². The van der Waals surface area contributed by atoms with Gasteiger partial charge in [0.25, 0.3) is 10.2 Å². The Morgan fingerprint density at radius 1 is 1.47 bits per heavy atom. The molecule has 0 radical (unpaired) electrons. The maximum absolute atomic E-state index is 13.5. The van der Waals surface area contributed by atoms with Gasteiger partial charge in [0.05, 0.1) is 0 Å². The number of rotatable bonds is 4. The van der Waals surface area contributed by atoms with E-state index in [2.05, 4.69) is 0 Å². The van der Waals surface area contributed by atoms with Crippen LogP contribution in [0.1, 0.15) is 17.3 Å². The smallest absolute Gasteiger partial charge is 0.241 e. The molecule has 84 valence electrons. The summed E-state index contributed by atoms with van der Waals surface area (Å²) in [5, 5.41) is 4.69. The Kier molecular flexibility index (Phi) is 3.78. The van der Waals surface area contributed by atoms with E-state index in [1.807, 2.05) is 4.72 Å². The van der Waals surface area contributed by atoms with E-state index in [4.69, 9.17) is 5.14 Å². The molecule has 1 aromatic carbocycles. The van der Waals surface area contributed by atoms with Gasteiger partial charge < -0.3 is 0 Å². The first-order chi connectivity index (χ1) is 6.90. The predicted molar refractivity (Wildman–Crippen MR) is 56.1 cm³/mol. The molecule has 0 spiro atoms. The molecule has 0 fully saturated rings. The van der Waals surface area contributed by atoms with Gasteiger partial charge in [-0.05, 0) is 18.1 Å². The molecule has 3 N–H and O–H groups in total. The van der Waals surface area contributed by atoms with Crippen LogP contribution >= 0.6 is 0 Å². The Balaban J connectivity index is 2.70. The van der Waals surface area contributed by atoms with Crippen molar-refractivity contribution in [3.63, 3.8) is 0 Å². The van der Waals surface area contributed by atoms with E-state index in [1.165, 1.54) is 0 Å². The van der Waals surface area contributed by atoms with E-state index in [-0.39, 0.29) is 6.54 Å². The molecule has 0 aliphatic rings. The minimum atomic E-state index is -3.83. The number of hydrogen-bond acceptors (Lipinski definition) is 2. The van der Waals surface area contributed by atoms with Crippen LogP contribution in [0.2, 0.25) is 0 Å². The molecule has 0 bridgehead atoms. The van der Waals surface area contributed by atoms with Crippen LogP contribution in [-0.2, 0) is 10.2 Å². The largest absolute Gasteiger partial charge is 0.274 e. The summed E-state index contributed by atoms with van der Waals surface area (Å²) < 4.78 is 36.6. The molecular weight excluding hydrogens is 219 g/mol.